The maximum atomic E-state index is 5.89. The van der Waals surface area contributed by atoms with Crippen LogP contribution >= 0.6 is 19.6 Å². The molecule has 0 N–H and O–H groups in total. The van der Waals surface area contributed by atoms with Crippen LogP contribution in [0.25, 0.3) is 0 Å². The van der Waals surface area contributed by atoms with Crippen LogP contribution in [0.15, 0.2) is 4.74 Å². The molecule has 0 aromatic carbocycles. The summed E-state index contributed by atoms with van der Waals surface area (Å²) in [5.41, 5.74) is 0. The third-order valence-corrected chi connectivity index (χ3v) is 12.3. The van der Waals surface area contributed by atoms with Crippen LogP contribution in [0.1, 0.15) is 38.5 Å². The van der Waals surface area contributed by atoms with E-state index in [1.165, 1.54) is 38.5 Å². The monoisotopic (exact) mass is 398 g/mol. The van der Waals surface area contributed by atoms with Crippen molar-refractivity contribution in [2.75, 3.05) is 54.5 Å². The number of rotatable bonds is 3. The second-order valence-electron chi connectivity index (χ2n) is 9.39. The van der Waals surface area contributed by atoms with E-state index < -0.39 is 7.36 Å². The van der Waals surface area contributed by atoms with Gasteiger partial charge in [-0.05, 0) is 96.7 Å². The van der Waals surface area contributed by atoms with Crippen molar-refractivity contribution in [2.45, 2.75) is 43.7 Å². The minimum Gasteiger partial charge on any atom is -0.378 e. The Hall–Kier alpha value is 0.0000000000000000139. The third-order valence-electron chi connectivity index (χ3n) is 7.26. The van der Waals surface area contributed by atoms with E-state index in [0.717, 1.165) is 49.2 Å². The molecule has 0 aromatic rings. The zero-order chi connectivity index (χ0) is 18.5. The summed E-state index contributed by atoms with van der Waals surface area (Å²) in [4.78, 5) is 2.26. The molecule has 148 valence electrons. The van der Waals surface area contributed by atoms with Crippen molar-refractivity contribution >= 4 is 24.7 Å². The van der Waals surface area contributed by atoms with Gasteiger partial charge in [0.15, 0.2) is 5.11 Å². The molecule has 5 aliphatic rings. The normalized spacial score (nSPS) is 36.8. The van der Waals surface area contributed by atoms with E-state index in [2.05, 4.69) is 42.4 Å². The lowest BCUT2D eigenvalue weighted by molar-refractivity contribution is 0.0307. The third kappa shape index (κ3) is 3.00. The molecule has 0 spiro atoms. The van der Waals surface area contributed by atoms with Crippen LogP contribution in [0.2, 0.25) is 0 Å². The first-order valence-corrected chi connectivity index (χ1v) is 12.3. The summed E-state index contributed by atoms with van der Waals surface area (Å²) in [6.45, 7) is 3.29. The molecule has 0 aromatic heterocycles. The topological polar surface area (TPSA) is 31.3 Å². The lowest BCUT2D eigenvalue weighted by Crippen LogP contribution is -2.54. The maximum Gasteiger partial charge on any atom is 0.196 e. The van der Waals surface area contributed by atoms with E-state index in [-0.39, 0.29) is 0 Å². The summed E-state index contributed by atoms with van der Waals surface area (Å²) in [7, 11) is 7.10. The molecule has 0 unspecified atom stereocenters. The number of nitrogens with zero attached hydrogens (tertiary/aromatic N) is 4. The Morgan fingerprint density at radius 2 is 1.42 bits per heavy atom. The van der Waals surface area contributed by atoms with E-state index in [0.29, 0.717) is 5.16 Å². The number of hydrogen-bond acceptors (Lipinski definition) is 2. The van der Waals surface area contributed by atoms with Crippen LogP contribution in [0.3, 0.4) is 0 Å². The highest BCUT2D eigenvalue weighted by molar-refractivity contribution is 7.81. The van der Waals surface area contributed by atoms with E-state index in [1.54, 1.807) is 0 Å². The first-order valence-electron chi connectivity index (χ1n) is 10.2. The van der Waals surface area contributed by atoms with Crippen molar-refractivity contribution < 1.29 is 4.74 Å². The van der Waals surface area contributed by atoms with Crippen molar-refractivity contribution in [3.63, 3.8) is 0 Å². The largest absolute Gasteiger partial charge is 0.378 e. The number of thiocarbonyl (C=S) groups is 1. The smallest absolute Gasteiger partial charge is 0.196 e. The molecule has 7 heteroatoms. The molecule has 4 aliphatic carbocycles. The van der Waals surface area contributed by atoms with E-state index in [9.17, 15) is 0 Å². The molecule has 1 aliphatic heterocycles. The predicted octanol–water partition coefficient (Wildman–Crippen LogP) is 3.73. The van der Waals surface area contributed by atoms with Crippen LogP contribution in [0, 0.1) is 17.8 Å². The summed E-state index contributed by atoms with van der Waals surface area (Å²) in [5.74, 6) is 2.77. The molecule has 0 radical (unpaired) electrons. The first kappa shape index (κ1) is 19.3. The first-order chi connectivity index (χ1) is 12.4. The summed E-state index contributed by atoms with van der Waals surface area (Å²) in [6.07, 6.45) is 8.48. The van der Waals surface area contributed by atoms with Gasteiger partial charge in [-0.25, -0.2) is 4.74 Å². The molecule has 5 nitrogen and oxygen atoms in total. The van der Waals surface area contributed by atoms with Crippen LogP contribution < -0.4 is 0 Å². The number of ether oxygens (including phenoxy) is 1. The molecule has 5 fully saturated rings. The standard InChI is InChI=1S/C19H35N4OPS/c1-21(2)25(22(3)4,20-18(26)23-5-7-24-8-6-23)19-12-15-9-16(13-19)11-17(10-15)14-19/h15-17H,5-14H2,1-4H3. The summed E-state index contributed by atoms with van der Waals surface area (Å²) in [5, 5.41) is 1.16. The summed E-state index contributed by atoms with van der Waals surface area (Å²) < 4.78 is 15.9. The van der Waals surface area contributed by atoms with Crippen LogP contribution in [-0.4, -0.2) is 79.0 Å². The summed E-state index contributed by atoms with van der Waals surface area (Å²) in [6, 6.07) is 0. The number of hydrogen-bond donors (Lipinski definition) is 0. The second-order valence-corrected chi connectivity index (χ2v) is 13.6. The molecule has 5 rings (SSSR count). The zero-order valence-corrected chi connectivity index (χ0v) is 18.6. The van der Waals surface area contributed by atoms with Gasteiger partial charge in [-0.1, -0.05) is 0 Å². The van der Waals surface area contributed by atoms with Crippen molar-refractivity contribution in [1.29, 1.82) is 0 Å². The molecule has 1 saturated heterocycles. The highest BCUT2D eigenvalue weighted by atomic mass is 32.1. The molecule has 26 heavy (non-hydrogen) atoms. The van der Waals surface area contributed by atoms with Gasteiger partial charge in [0.25, 0.3) is 0 Å². The van der Waals surface area contributed by atoms with Crippen molar-refractivity contribution in [3.05, 3.63) is 0 Å². The number of morpholine rings is 1. The zero-order valence-electron chi connectivity index (χ0n) is 16.9. The van der Waals surface area contributed by atoms with Gasteiger partial charge in [0.05, 0.1) is 13.2 Å². The maximum absolute atomic E-state index is 5.89. The Morgan fingerprint density at radius 3 is 1.85 bits per heavy atom. The van der Waals surface area contributed by atoms with Crippen LogP contribution in [-0.2, 0) is 4.74 Å². The molecular weight excluding hydrogens is 363 g/mol. The van der Waals surface area contributed by atoms with Crippen molar-refractivity contribution in [3.8, 4) is 0 Å². The Balaban J connectivity index is 1.77. The van der Waals surface area contributed by atoms with E-state index >= 15 is 0 Å². The molecule has 1 heterocycles. The van der Waals surface area contributed by atoms with Crippen LogP contribution in [0.5, 0.6) is 0 Å². The Bertz CT molecular complexity index is 567. The SMILES string of the molecule is CN(C)P(=NC(=S)N1CCOCC1)(N(C)C)C12CC3CC(CC(C3)C1)C2. The molecule has 0 amide bonds. The fourth-order valence-electron chi connectivity index (χ4n) is 6.86. The average molecular weight is 399 g/mol. The Labute approximate surface area is 164 Å². The van der Waals surface area contributed by atoms with E-state index in [4.69, 9.17) is 21.7 Å². The molecule has 4 saturated carbocycles. The molecule has 0 atom stereocenters. The lowest BCUT2D eigenvalue weighted by Gasteiger charge is -2.63. The average Bonchev–Trinajstić information content (AvgIpc) is 2.58. The minimum atomic E-state index is -1.89. The lowest BCUT2D eigenvalue weighted by atomic mass is 9.56. The minimum absolute atomic E-state index is 0.338. The highest BCUT2D eigenvalue weighted by Gasteiger charge is 2.59. The van der Waals surface area contributed by atoms with Crippen molar-refractivity contribution in [1.82, 2.24) is 14.2 Å². The Kier molecular flexibility index (Phi) is 5.28. The van der Waals surface area contributed by atoms with Crippen molar-refractivity contribution in [2.24, 2.45) is 22.5 Å². The van der Waals surface area contributed by atoms with Gasteiger partial charge in [0.1, 0.15) is 7.36 Å². The van der Waals surface area contributed by atoms with Gasteiger partial charge in [-0.2, -0.15) is 0 Å². The van der Waals surface area contributed by atoms with Gasteiger partial charge in [-0.3, -0.25) is 9.34 Å². The molecular formula is C19H35N4OPS. The van der Waals surface area contributed by atoms with Gasteiger partial charge in [0, 0.05) is 18.2 Å². The quantitative estimate of drug-likeness (QED) is 0.534. The van der Waals surface area contributed by atoms with Gasteiger partial charge in [0.2, 0.25) is 0 Å². The van der Waals surface area contributed by atoms with Gasteiger partial charge >= 0.3 is 0 Å². The fourth-order valence-corrected chi connectivity index (χ4v) is 12.2. The fraction of sp³-hybridized carbons (Fsp3) is 0.947. The van der Waals surface area contributed by atoms with Gasteiger partial charge < -0.3 is 9.64 Å². The Morgan fingerprint density at radius 1 is 0.962 bits per heavy atom. The highest BCUT2D eigenvalue weighted by Crippen LogP contribution is 2.75. The van der Waals surface area contributed by atoms with E-state index in [1.807, 2.05) is 0 Å². The van der Waals surface area contributed by atoms with Gasteiger partial charge in [-0.15, -0.1) is 0 Å². The summed E-state index contributed by atoms with van der Waals surface area (Å²) >= 11 is 5.89. The second kappa shape index (κ2) is 7.11. The predicted molar refractivity (Wildman–Crippen MR) is 113 cm³/mol. The van der Waals surface area contributed by atoms with Crippen LogP contribution in [0.4, 0.5) is 0 Å². The molecule has 4 bridgehead atoms.